The number of aromatic nitrogens is 5. The molecule has 0 bridgehead atoms. The van der Waals surface area contributed by atoms with Crippen LogP contribution in [0, 0.1) is 18.6 Å². The molecule has 0 amide bonds. The second kappa shape index (κ2) is 9.06. The van der Waals surface area contributed by atoms with E-state index in [0.717, 1.165) is 37.8 Å². The maximum atomic E-state index is 15.3. The molecular weight excluding hydrogens is 438 g/mol. The molecular formula is C25H26F2N6O. The summed E-state index contributed by atoms with van der Waals surface area (Å²) in [7, 11) is 1.49. The van der Waals surface area contributed by atoms with Gasteiger partial charge in [0.2, 0.25) is 0 Å². The summed E-state index contributed by atoms with van der Waals surface area (Å²) in [6.07, 6.45) is 3.69. The Labute approximate surface area is 196 Å². The number of imidazole rings is 1. The third-order valence-corrected chi connectivity index (χ3v) is 6.49. The molecule has 1 unspecified atom stereocenters. The van der Waals surface area contributed by atoms with Crippen molar-refractivity contribution >= 4 is 11.2 Å². The van der Waals surface area contributed by atoms with E-state index in [-0.39, 0.29) is 18.4 Å². The van der Waals surface area contributed by atoms with Gasteiger partial charge in [-0.05, 0) is 50.0 Å². The highest BCUT2D eigenvalue weighted by atomic mass is 19.1. The van der Waals surface area contributed by atoms with Crippen LogP contribution in [-0.2, 0) is 6.54 Å². The summed E-state index contributed by atoms with van der Waals surface area (Å²) in [6, 6.07) is 7.01. The van der Waals surface area contributed by atoms with Crippen molar-refractivity contribution in [3.63, 3.8) is 0 Å². The van der Waals surface area contributed by atoms with Gasteiger partial charge in [-0.2, -0.15) is 9.97 Å². The Morgan fingerprint density at radius 2 is 1.97 bits per heavy atom. The molecule has 1 aromatic carbocycles. The predicted octanol–water partition coefficient (Wildman–Crippen LogP) is 4.34. The summed E-state index contributed by atoms with van der Waals surface area (Å²) in [5, 5.41) is 0. The molecule has 1 fully saturated rings. The maximum Gasteiger partial charge on any atom is 0.318 e. The van der Waals surface area contributed by atoms with Crippen molar-refractivity contribution in [2.45, 2.75) is 32.7 Å². The number of hydrogen-bond donors (Lipinski definition) is 0. The molecule has 176 valence electrons. The van der Waals surface area contributed by atoms with Gasteiger partial charge in [0.15, 0.2) is 5.65 Å². The average Bonchev–Trinajstić information content (AvgIpc) is 3.46. The van der Waals surface area contributed by atoms with Crippen LogP contribution >= 0.6 is 0 Å². The van der Waals surface area contributed by atoms with Gasteiger partial charge in [-0.3, -0.25) is 4.98 Å². The Morgan fingerprint density at radius 3 is 2.68 bits per heavy atom. The zero-order chi connectivity index (χ0) is 23.8. The highest BCUT2D eigenvalue weighted by Crippen LogP contribution is 2.30. The van der Waals surface area contributed by atoms with Gasteiger partial charge in [0.25, 0.3) is 0 Å². The second-order valence-electron chi connectivity index (χ2n) is 8.61. The molecule has 1 atom stereocenters. The first-order valence-corrected chi connectivity index (χ1v) is 11.4. The number of nitrogens with zero attached hydrogens (tertiary/aromatic N) is 6. The molecule has 0 aliphatic carbocycles. The van der Waals surface area contributed by atoms with Crippen molar-refractivity contribution in [1.29, 1.82) is 0 Å². The second-order valence-corrected chi connectivity index (χ2v) is 8.61. The number of halogens is 2. The van der Waals surface area contributed by atoms with E-state index in [1.165, 1.54) is 19.4 Å². The molecule has 0 saturated carbocycles. The quantitative estimate of drug-likeness (QED) is 0.423. The molecule has 5 rings (SSSR count). The van der Waals surface area contributed by atoms with E-state index in [2.05, 4.69) is 31.8 Å². The number of ether oxygens (including phenoxy) is 1. The molecule has 7 nitrogen and oxygen atoms in total. The summed E-state index contributed by atoms with van der Waals surface area (Å²) < 4.78 is 36.3. The van der Waals surface area contributed by atoms with Crippen LogP contribution < -0.4 is 4.74 Å². The van der Waals surface area contributed by atoms with Crippen LogP contribution in [0.25, 0.3) is 22.6 Å². The van der Waals surface area contributed by atoms with Crippen molar-refractivity contribution in [1.82, 2.24) is 29.4 Å². The third kappa shape index (κ3) is 4.11. The van der Waals surface area contributed by atoms with Gasteiger partial charge in [0.1, 0.15) is 23.0 Å². The van der Waals surface area contributed by atoms with E-state index in [1.807, 2.05) is 12.1 Å². The van der Waals surface area contributed by atoms with Gasteiger partial charge in [-0.25, -0.2) is 13.8 Å². The fraction of sp³-hybridized carbons (Fsp3) is 0.360. The van der Waals surface area contributed by atoms with Crippen LogP contribution in [0.5, 0.6) is 6.01 Å². The van der Waals surface area contributed by atoms with Crippen molar-refractivity contribution in [3.05, 3.63) is 65.1 Å². The lowest BCUT2D eigenvalue weighted by Gasteiger charge is -2.15. The van der Waals surface area contributed by atoms with Crippen LogP contribution in [0.2, 0.25) is 0 Å². The molecule has 0 N–H and O–H groups in total. The van der Waals surface area contributed by atoms with Gasteiger partial charge in [0, 0.05) is 23.9 Å². The number of benzene rings is 1. The average molecular weight is 465 g/mol. The Morgan fingerprint density at radius 1 is 1.12 bits per heavy atom. The summed E-state index contributed by atoms with van der Waals surface area (Å²) >= 11 is 0. The summed E-state index contributed by atoms with van der Waals surface area (Å²) in [5.41, 5.74) is 3.63. The van der Waals surface area contributed by atoms with Gasteiger partial charge in [-0.15, -0.1) is 0 Å². The number of likely N-dealkylation sites (tertiary alicyclic amines) is 1. The van der Waals surface area contributed by atoms with Crippen LogP contribution in [0.1, 0.15) is 36.1 Å². The predicted molar refractivity (Wildman–Crippen MR) is 125 cm³/mol. The molecule has 34 heavy (non-hydrogen) atoms. The van der Waals surface area contributed by atoms with Crippen LogP contribution in [-0.4, -0.2) is 56.1 Å². The number of rotatable bonds is 6. The number of pyridine rings is 1. The number of methoxy groups -OCH3 is 1. The molecule has 4 aromatic rings. The Hall–Kier alpha value is -3.46. The topological polar surface area (TPSA) is 69.0 Å². The Bertz CT molecular complexity index is 1350. The molecule has 1 aliphatic rings. The minimum absolute atomic E-state index is 0.166. The lowest BCUT2D eigenvalue weighted by atomic mass is 9.97. The number of hydrogen-bond acceptors (Lipinski definition) is 6. The van der Waals surface area contributed by atoms with Crippen LogP contribution in [0.4, 0.5) is 8.78 Å². The van der Waals surface area contributed by atoms with E-state index >= 15 is 4.39 Å². The fourth-order valence-electron chi connectivity index (χ4n) is 4.62. The molecule has 3 aromatic heterocycles. The highest BCUT2D eigenvalue weighted by Gasteiger charge is 2.24. The summed E-state index contributed by atoms with van der Waals surface area (Å²) in [4.78, 5) is 19.8. The fourth-order valence-corrected chi connectivity index (χ4v) is 4.62. The molecule has 0 radical (unpaired) electrons. The van der Waals surface area contributed by atoms with Crippen molar-refractivity contribution in [2.75, 3.05) is 26.7 Å². The minimum atomic E-state index is -0.482. The Kier molecular flexibility index (Phi) is 5.95. The van der Waals surface area contributed by atoms with E-state index in [1.54, 1.807) is 17.6 Å². The molecule has 0 spiro atoms. The van der Waals surface area contributed by atoms with Crippen LogP contribution in [0.3, 0.4) is 0 Å². The maximum absolute atomic E-state index is 15.3. The largest absolute Gasteiger partial charge is 0.467 e. The standard InChI is InChI=1S/C25H26F2N6O/c1-4-32-8-7-17(13-32)16-5-6-18(21(27)10-16)14-33-23(19-9-20(26)12-28-11-19)30-22-15(2)29-25(34-3)31-24(22)33/h5-6,9-12,17H,4,7-8,13-14H2,1-3H3. The first kappa shape index (κ1) is 22.3. The normalized spacial score (nSPS) is 16.4. The summed E-state index contributed by atoms with van der Waals surface area (Å²) in [6.45, 7) is 7.11. The van der Waals surface area contributed by atoms with E-state index in [0.29, 0.717) is 39.7 Å². The zero-order valence-electron chi connectivity index (χ0n) is 19.4. The third-order valence-electron chi connectivity index (χ3n) is 6.49. The molecule has 1 aliphatic heterocycles. The minimum Gasteiger partial charge on any atom is -0.467 e. The molecule has 4 heterocycles. The molecule has 1 saturated heterocycles. The number of aryl methyl sites for hydroxylation is 1. The highest BCUT2D eigenvalue weighted by molar-refractivity contribution is 5.79. The van der Waals surface area contributed by atoms with Crippen molar-refractivity contribution < 1.29 is 13.5 Å². The lowest BCUT2D eigenvalue weighted by molar-refractivity contribution is 0.354. The van der Waals surface area contributed by atoms with Crippen molar-refractivity contribution in [3.8, 4) is 17.4 Å². The van der Waals surface area contributed by atoms with E-state index in [4.69, 9.17) is 4.74 Å². The van der Waals surface area contributed by atoms with E-state index < -0.39 is 5.82 Å². The SMILES string of the molecule is CCN1CCC(c2ccc(Cn3c(-c4cncc(F)c4)nc4c(C)nc(OC)nc43)c(F)c2)C1. The van der Waals surface area contributed by atoms with Gasteiger partial charge in [0.05, 0.1) is 25.5 Å². The monoisotopic (exact) mass is 464 g/mol. The van der Waals surface area contributed by atoms with Gasteiger partial charge < -0.3 is 14.2 Å². The summed E-state index contributed by atoms with van der Waals surface area (Å²) in [5.74, 6) is 0.0109. The Balaban J connectivity index is 1.57. The van der Waals surface area contributed by atoms with E-state index in [9.17, 15) is 4.39 Å². The van der Waals surface area contributed by atoms with Gasteiger partial charge >= 0.3 is 6.01 Å². The van der Waals surface area contributed by atoms with Gasteiger partial charge in [-0.1, -0.05) is 19.1 Å². The number of likely N-dealkylation sites (N-methyl/N-ethyl adjacent to an activating group) is 1. The lowest BCUT2D eigenvalue weighted by Crippen LogP contribution is -2.19. The zero-order valence-corrected chi connectivity index (χ0v) is 19.4. The first-order valence-electron chi connectivity index (χ1n) is 11.4. The van der Waals surface area contributed by atoms with Crippen molar-refractivity contribution in [2.24, 2.45) is 0 Å². The molecule has 9 heteroatoms. The van der Waals surface area contributed by atoms with Crippen LogP contribution in [0.15, 0.2) is 36.7 Å². The number of fused-ring (bicyclic) bond motifs is 1. The smallest absolute Gasteiger partial charge is 0.318 e. The first-order chi connectivity index (χ1) is 16.5.